The van der Waals surface area contributed by atoms with E-state index in [-0.39, 0.29) is 5.57 Å². The van der Waals surface area contributed by atoms with Crippen LogP contribution in [-0.2, 0) is 27.5 Å². The SMILES string of the molecule is C=C(C)C(=O)OC(C)NC(=O)OC(CC)[Si](OCC)(OCC)OCC. The summed E-state index contributed by atoms with van der Waals surface area (Å²) in [6, 6.07) is 0. The highest BCUT2D eigenvalue weighted by molar-refractivity contribution is 6.62. The van der Waals surface area contributed by atoms with Gasteiger partial charge in [-0.15, -0.1) is 0 Å². The third kappa shape index (κ3) is 8.00. The van der Waals surface area contributed by atoms with Crippen LogP contribution >= 0.6 is 0 Å². The molecule has 1 N–H and O–H groups in total. The van der Waals surface area contributed by atoms with Gasteiger partial charge in [0.1, 0.15) is 0 Å². The highest BCUT2D eigenvalue weighted by Crippen LogP contribution is 2.21. The zero-order valence-corrected chi connectivity index (χ0v) is 17.0. The van der Waals surface area contributed by atoms with E-state index in [1.54, 1.807) is 0 Å². The molecule has 0 rings (SSSR count). The van der Waals surface area contributed by atoms with Gasteiger partial charge < -0.3 is 22.8 Å². The topological polar surface area (TPSA) is 92.3 Å². The second kappa shape index (κ2) is 12.0. The summed E-state index contributed by atoms with van der Waals surface area (Å²) < 4.78 is 27.7. The van der Waals surface area contributed by atoms with Crippen molar-refractivity contribution in [2.75, 3.05) is 19.8 Å². The molecule has 0 saturated heterocycles. The maximum absolute atomic E-state index is 12.1. The fourth-order valence-corrected chi connectivity index (χ4v) is 4.80. The van der Waals surface area contributed by atoms with Gasteiger partial charge in [-0.1, -0.05) is 13.5 Å². The fraction of sp³-hybridized carbons (Fsp3) is 0.750. The molecule has 8 nitrogen and oxygen atoms in total. The van der Waals surface area contributed by atoms with Crippen LogP contribution in [-0.4, -0.2) is 52.6 Å². The average molecular weight is 378 g/mol. The van der Waals surface area contributed by atoms with Crippen molar-refractivity contribution in [2.45, 2.75) is 59.9 Å². The molecule has 0 aromatic rings. The van der Waals surface area contributed by atoms with Crippen LogP contribution < -0.4 is 5.32 Å². The Morgan fingerprint density at radius 2 is 1.48 bits per heavy atom. The molecule has 0 aliphatic carbocycles. The van der Waals surface area contributed by atoms with Gasteiger partial charge in [0.2, 0.25) is 0 Å². The summed E-state index contributed by atoms with van der Waals surface area (Å²) in [6.45, 7) is 15.0. The first kappa shape index (κ1) is 23.6. The monoisotopic (exact) mass is 377 g/mol. The Morgan fingerprint density at radius 1 is 1.00 bits per heavy atom. The zero-order chi connectivity index (χ0) is 19.5. The van der Waals surface area contributed by atoms with E-state index in [1.165, 1.54) is 13.8 Å². The quantitative estimate of drug-likeness (QED) is 0.242. The number of carbonyl (C=O) groups is 2. The van der Waals surface area contributed by atoms with Crippen LogP contribution in [0.5, 0.6) is 0 Å². The van der Waals surface area contributed by atoms with E-state index in [9.17, 15) is 9.59 Å². The molecule has 0 aliphatic rings. The third-order valence-electron chi connectivity index (χ3n) is 3.00. The summed E-state index contributed by atoms with van der Waals surface area (Å²) in [5.41, 5.74) is -0.430. The van der Waals surface area contributed by atoms with Crippen molar-refractivity contribution in [2.24, 2.45) is 0 Å². The van der Waals surface area contributed by atoms with Crippen LogP contribution in [0.3, 0.4) is 0 Å². The third-order valence-corrected chi connectivity index (χ3v) is 6.39. The number of nitrogens with one attached hydrogen (secondary N) is 1. The Morgan fingerprint density at radius 3 is 1.84 bits per heavy atom. The minimum Gasteiger partial charge on any atom is -0.442 e. The first-order chi connectivity index (χ1) is 11.8. The molecule has 2 atom stereocenters. The van der Waals surface area contributed by atoms with Gasteiger partial charge in [-0.3, -0.25) is 5.32 Å². The molecule has 0 aromatic heterocycles. The van der Waals surface area contributed by atoms with Gasteiger partial charge in [-0.2, -0.15) is 0 Å². The molecule has 9 heteroatoms. The smallest absolute Gasteiger partial charge is 0.442 e. The molecule has 0 aromatic carbocycles. The Hall–Kier alpha value is -1.42. The summed E-state index contributed by atoms with van der Waals surface area (Å²) in [4.78, 5) is 23.6. The van der Waals surface area contributed by atoms with Gasteiger partial charge in [0, 0.05) is 25.4 Å². The normalized spacial score (nSPS) is 13.7. The lowest BCUT2D eigenvalue weighted by molar-refractivity contribution is -0.144. The van der Waals surface area contributed by atoms with E-state index < -0.39 is 32.8 Å². The Balaban J connectivity index is 4.98. The van der Waals surface area contributed by atoms with Gasteiger partial charge in [0.05, 0.1) is 0 Å². The predicted octanol–water partition coefficient (Wildman–Crippen LogP) is 2.54. The summed E-state index contributed by atoms with van der Waals surface area (Å²) in [5.74, 6) is -0.596. The van der Waals surface area contributed by atoms with Crippen molar-refractivity contribution < 1.29 is 32.3 Å². The number of ether oxygens (including phenoxy) is 2. The lowest BCUT2D eigenvalue weighted by atomic mass is 10.4. The molecular weight excluding hydrogens is 346 g/mol. The van der Waals surface area contributed by atoms with E-state index in [4.69, 9.17) is 22.8 Å². The molecule has 1 amide bonds. The Kier molecular flexibility index (Phi) is 11.3. The molecule has 0 bridgehead atoms. The standard InChI is InChI=1S/C16H31NO7Si/c1-8-14(25(20-9-2,21-10-3)22-11-4)24-16(19)17-13(7)23-15(18)12(5)6/h13-14H,5,8-11H2,1-4,6-7H3,(H,17,19). The lowest BCUT2D eigenvalue weighted by Gasteiger charge is -2.34. The van der Waals surface area contributed by atoms with Crippen LogP contribution in [0.2, 0.25) is 0 Å². The van der Waals surface area contributed by atoms with E-state index >= 15 is 0 Å². The first-order valence-electron chi connectivity index (χ1n) is 8.51. The highest BCUT2D eigenvalue weighted by Gasteiger charge is 2.51. The average Bonchev–Trinajstić information content (AvgIpc) is 2.52. The number of hydrogen-bond acceptors (Lipinski definition) is 7. The summed E-state index contributed by atoms with van der Waals surface area (Å²) in [6.07, 6.45) is -1.15. The molecule has 146 valence electrons. The minimum absolute atomic E-state index is 0.240. The number of rotatable bonds is 12. The molecule has 0 heterocycles. The van der Waals surface area contributed by atoms with E-state index in [0.717, 1.165) is 0 Å². The largest absolute Gasteiger partial charge is 0.544 e. The molecule has 0 radical (unpaired) electrons. The summed E-state index contributed by atoms with van der Waals surface area (Å²) in [7, 11) is -3.19. The maximum Gasteiger partial charge on any atom is 0.544 e. The Labute approximate surface area is 151 Å². The molecule has 0 fully saturated rings. The van der Waals surface area contributed by atoms with E-state index in [2.05, 4.69) is 11.9 Å². The molecule has 2 unspecified atom stereocenters. The minimum atomic E-state index is -3.19. The summed E-state index contributed by atoms with van der Waals surface area (Å²) in [5, 5.41) is 2.44. The van der Waals surface area contributed by atoms with Crippen molar-refractivity contribution in [1.29, 1.82) is 0 Å². The van der Waals surface area contributed by atoms with Crippen molar-refractivity contribution in [3.05, 3.63) is 12.2 Å². The number of carbonyl (C=O) groups excluding carboxylic acids is 2. The molecular formula is C16H31NO7Si. The molecule has 0 saturated carbocycles. The fourth-order valence-electron chi connectivity index (χ4n) is 2.03. The second-order valence-electron chi connectivity index (χ2n) is 5.18. The van der Waals surface area contributed by atoms with Crippen LogP contribution in [0, 0.1) is 0 Å². The van der Waals surface area contributed by atoms with Crippen molar-refractivity contribution in [3.63, 3.8) is 0 Å². The zero-order valence-electron chi connectivity index (χ0n) is 16.0. The van der Waals surface area contributed by atoms with Gasteiger partial charge in [-0.05, 0) is 41.0 Å². The maximum atomic E-state index is 12.1. The van der Waals surface area contributed by atoms with Gasteiger partial charge in [0.25, 0.3) is 0 Å². The lowest BCUT2D eigenvalue weighted by Crippen LogP contribution is -2.58. The van der Waals surface area contributed by atoms with Crippen LogP contribution in [0.4, 0.5) is 4.79 Å². The number of hydrogen-bond donors (Lipinski definition) is 1. The van der Waals surface area contributed by atoms with Crippen LogP contribution in [0.15, 0.2) is 12.2 Å². The van der Waals surface area contributed by atoms with Gasteiger partial charge >= 0.3 is 20.9 Å². The van der Waals surface area contributed by atoms with Gasteiger partial charge in [-0.25, -0.2) is 9.59 Å². The molecule has 0 aliphatic heterocycles. The first-order valence-corrected chi connectivity index (χ1v) is 10.3. The van der Waals surface area contributed by atoms with Crippen LogP contribution in [0.1, 0.15) is 48.0 Å². The highest BCUT2D eigenvalue weighted by atomic mass is 28.4. The van der Waals surface area contributed by atoms with Gasteiger partial charge in [0.15, 0.2) is 12.0 Å². The van der Waals surface area contributed by atoms with E-state index in [0.29, 0.717) is 26.2 Å². The Bertz CT molecular complexity index is 427. The second-order valence-corrected chi connectivity index (χ2v) is 7.89. The van der Waals surface area contributed by atoms with Crippen molar-refractivity contribution in [1.82, 2.24) is 5.32 Å². The number of alkyl carbamates (subject to hydrolysis) is 1. The molecule has 25 heavy (non-hydrogen) atoms. The van der Waals surface area contributed by atoms with Crippen molar-refractivity contribution in [3.8, 4) is 0 Å². The number of amides is 1. The van der Waals surface area contributed by atoms with E-state index in [1.807, 2.05) is 27.7 Å². The predicted molar refractivity (Wildman–Crippen MR) is 94.7 cm³/mol. The van der Waals surface area contributed by atoms with Crippen molar-refractivity contribution >= 4 is 20.9 Å². The number of esters is 1. The van der Waals surface area contributed by atoms with Crippen LogP contribution in [0.25, 0.3) is 0 Å². The summed E-state index contributed by atoms with van der Waals surface area (Å²) >= 11 is 0. The molecule has 0 spiro atoms.